The molecule has 3 amide bonds. The Labute approximate surface area is 173 Å². The molecule has 0 fully saturated rings. The van der Waals surface area contributed by atoms with Crippen LogP contribution in [0.2, 0.25) is 0 Å². The highest BCUT2D eigenvalue weighted by atomic mass is 19.1. The second-order valence-corrected chi connectivity index (χ2v) is 6.75. The average Bonchev–Trinajstić information content (AvgIpc) is 2.68. The Morgan fingerprint density at radius 1 is 0.933 bits per heavy atom. The van der Waals surface area contributed by atoms with Crippen LogP contribution in [0.1, 0.15) is 34.3 Å². The summed E-state index contributed by atoms with van der Waals surface area (Å²) in [4.78, 5) is 35.4. The molecule has 0 unspecified atom stereocenters. The van der Waals surface area contributed by atoms with Gasteiger partial charge in [0.2, 0.25) is 5.91 Å². The van der Waals surface area contributed by atoms with E-state index in [4.69, 9.17) is 0 Å². The molecule has 0 aliphatic rings. The number of rotatable bonds is 8. The van der Waals surface area contributed by atoms with E-state index >= 15 is 0 Å². The van der Waals surface area contributed by atoms with E-state index < -0.39 is 29.4 Å². The number of benzene rings is 2. The van der Waals surface area contributed by atoms with E-state index in [9.17, 15) is 23.2 Å². The Morgan fingerprint density at radius 2 is 1.67 bits per heavy atom. The summed E-state index contributed by atoms with van der Waals surface area (Å²) >= 11 is 0. The summed E-state index contributed by atoms with van der Waals surface area (Å²) < 4.78 is 26.4. The van der Waals surface area contributed by atoms with Crippen molar-refractivity contribution in [3.63, 3.8) is 0 Å². The summed E-state index contributed by atoms with van der Waals surface area (Å²) in [5.41, 5.74) is 7.27. The molecule has 160 valence electrons. The lowest BCUT2D eigenvalue weighted by Crippen LogP contribution is -2.44. The third-order valence-corrected chi connectivity index (χ3v) is 4.20. The second-order valence-electron chi connectivity index (χ2n) is 6.75. The van der Waals surface area contributed by atoms with Gasteiger partial charge in [-0.3, -0.25) is 25.2 Å². The fraction of sp³-hybridized carbons (Fsp3) is 0.286. The first-order chi connectivity index (χ1) is 14.3. The molecule has 0 radical (unpaired) electrons. The number of carbonyl (C=O) groups is 3. The van der Waals surface area contributed by atoms with E-state index in [0.29, 0.717) is 6.07 Å². The van der Waals surface area contributed by atoms with Gasteiger partial charge in [0.05, 0.1) is 12.1 Å². The zero-order chi connectivity index (χ0) is 22.1. The maximum Gasteiger partial charge on any atom is 0.257 e. The van der Waals surface area contributed by atoms with Crippen molar-refractivity contribution in [1.82, 2.24) is 16.2 Å². The maximum absolute atomic E-state index is 13.5. The molecule has 9 heteroatoms. The minimum absolute atomic E-state index is 0.0104. The molecule has 0 aliphatic heterocycles. The summed E-state index contributed by atoms with van der Waals surface area (Å²) in [7, 11) is 0. The molecule has 7 nitrogen and oxygen atoms in total. The lowest BCUT2D eigenvalue weighted by Gasteiger charge is -2.11. The minimum atomic E-state index is -0.956. The number of hydrazine groups is 1. The Balaban J connectivity index is 1.62. The monoisotopic (exact) mass is 418 g/mol. The van der Waals surface area contributed by atoms with Gasteiger partial charge in [-0.05, 0) is 44.0 Å². The summed E-state index contributed by atoms with van der Waals surface area (Å²) in [5, 5.41) is 5.44. The zero-order valence-corrected chi connectivity index (χ0v) is 16.8. The highest BCUT2D eigenvalue weighted by molar-refractivity contribution is 5.94. The average molecular weight is 418 g/mol. The fourth-order valence-corrected chi connectivity index (χ4v) is 2.65. The quantitative estimate of drug-likeness (QED) is 0.391. The van der Waals surface area contributed by atoms with Gasteiger partial charge < -0.3 is 10.6 Å². The number of aryl methyl sites for hydroxylation is 2. The van der Waals surface area contributed by atoms with Crippen LogP contribution in [-0.4, -0.2) is 30.8 Å². The molecule has 0 spiro atoms. The number of halogens is 2. The van der Waals surface area contributed by atoms with Gasteiger partial charge in [0.1, 0.15) is 11.6 Å². The van der Waals surface area contributed by atoms with Crippen LogP contribution in [0, 0.1) is 25.5 Å². The topological polar surface area (TPSA) is 99.3 Å². The third kappa shape index (κ3) is 7.16. The highest BCUT2D eigenvalue weighted by Crippen LogP contribution is 2.15. The molecule has 0 aliphatic carbocycles. The van der Waals surface area contributed by atoms with Crippen LogP contribution in [0.5, 0.6) is 0 Å². The van der Waals surface area contributed by atoms with Crippen LogP contribution in [0.3, 0.4) is 0 Å². The molecule has 0 bridgehead atoms. The lowest BCUT2D eigenvalue weighted by molar-refractivity contribution is -0.128. The minimum Gasteiger partial charge on any atom is -0.376 e. The lowest BCUT2D eigenvalue weighted by atomic mass is 10.1. The molecule has 0 atom stereocenters. The van der Waals surface area contributed by atoms with Crippen molar-refractivity contribution in [3.8, 4) is 0 Å². The Morgan fingerprint density at radius 3 is 2.37 bits per heavy atom. The van der Waals surface area contributed by atoms with Crippen LogP contribution in [-0.2, 0) is 9.59 Å². The van der Waals surface area contributed by atoms with Gasteiger partial charge in [-0.25, -0.2) is 8.78 Å². The van der Waals surface area contributed by atoms with Crippen molar-refractivity contribution in [3.05, 3.63) is 64.7 Å². The van der Waals surface area contributed by atoms with Crippen LogP contribution in [0.15, 0.2) is 36.4 Å². The molecule has 30 heavy (non-hydrogen) atoms. The second kappa shape index (κ2) is 10.9. The highest BCUT2D eigenvalue weighted by Gasteiger charge is 2.12. The molecular formula is C21H24F2N4O3. The zero-order valence-electron chi connectivity index (χ0n) is 16.8. The summed E-state index contributed by atoms with van der Waals surface area (Å²) in [6, 6.07) is 8.46. The first-order valence-corrected chi connectivity index (χ1v) is 9.38. The Bertz CT molecular complexity index is 934. The van der Waals surface area contributed by atoms with Crippen LogP contribution in [0.25, 0.3) is 0 Å². The number of anilines is 1. The third-order valence-electron chi connectivity index (χ3n) is 4.20. The number of amides is 3. The normalized spacial score (nSPS) is 10.3. The van der Waals surface area contributed by atoms with Crippen molar-refractivity contribution in [1.29, 1.82) is 0 Å². The van der Waals surface area contributed by atoms with Crippen molar-refractivity contribution in [2.24, 2.45) is 0 Å². The van der Waals surface area contributed by atoms with Crippen LogP contribution < -0.4 is 21.5 Å². The van der Waals surface area contributed by atoms with Crippen molar-refractivity contribution in [2.45, 2.75) is 26.7 Å². The molecular weight excluding hydrogens is 394 g/mol. The number of hydrogen-bond acceptors (Lipinski definition) is 4. The first kappa shape index (κ1) is 22.8. The number of carbonyl (C=O) groups excluding carboxylic acids is 3. The van der Waals surface area contributed by atoms with Gasteiger partial charge in [-0.15, -0.1) is 0 Å². The van der Waals surface area contributed by atoms with Gasteiger partial charge in [0, 0.05) is 24.7 Å². The van der Waals surface area contributed by atoms with Gasteiger partial charge in [0.25, 0.3) is 11.8 Å². The molecule has 2 aromatic carbocycles. The summed E-state index contributed by atoms with van der Waals surface area (Å²) in [6.45, 7) is 4.01. The number of nitrogens with one attached hydrogen (secondary N) is 4. The van der Waals surface area contributed by atoms with Gasteiger partial charge >= 0.3 is 0 Å². The van der Waals surface area contributed by atoms with Gasteiger partial charge in [-0.1, -0.05) is 17.7 Å². The smallest absolute Gasteiger partial charge is 0.257 e. The van der Waals surface area contributed by atoms with Crippen molar-refractivity contribution in [2.75, 3.05) is 18.4 Å². The Kier molecular flexibility index (Phi) is 8.28. The Hall–Kier alpha value is -3.49. The van der Waals surface area contributed by atoms with E-state index in [1.165, 1.54) is 0 Å². The number of hydrogen-bond donors (Lipinski definition) is 4. The molecule has 0 heterocycles. The van der Waals surface area contributed by atoms with Crippen LogP contribution in [0.4, 0.5) is 14.5 Å². The SMILES string of the molecule is Cc1ccc(NCC(=O)NNC(=O)CCCNC(=O)c2ccc(F)cc2F)c(C)c1. The molecule has 4 N–H and O–H groups in total. The summed E-state index contributed by atoms with van der Waals surface area (Å²) in [5.74, 6) is -3.27. The first-order valence-electron chi connectivity index (χ1n) is 9.38. The van der Waals surface area contributed by atoms with E-state index in [1.54, 1.807) is 0 Å². The predicted molar refractivity (Wildman–Crippen MR) is 109 cm³/mol. The van der Waals surface area contributed by atoms with E-state index in [0.717, 1.165) is 28.9 Å². The maximum atomic E-state index is 13.5. The van der Waals surface area contributed by atoms with Crippen molar-refractivity contribution < 1.29 is 23.2 Å². The van der Waals surface area contributed by atoms with E-state index in [1.807, 2.05) is 32.0 Å². The van der Waals surface area contributed by atoms with Crippen LogP contribution >= 0.6 is 0 Å². The standard InChI is InChI=1S/C21H24F2N4O3/c1-13-5-8-18(14(2)10-13)25-12-20(29)27-26-19(28)4-3-9-24-21(30)16-7-6-15(22)11-17(16)23/h5-8,10-11,25H,3-4,9,12H2,1-2H3,(H,24,30)(H,26,28)(H,27,29). The predicted octanol–water partition coefficient (Wildman–Crippen LogP) is 2.35. The summed E-state index contributed by atoms with van der Waals surface area (Å²) in [6.07, 6.45) is 0.314. The largest absolute Gasteiger partial charge is 0.376 e. The van der Waals surface area contributed by atoms with Gasteiger partial charge in [0.15, 0.2) is 0 Å². The molecule has 0 aromatic heterocycles. The molecule has 2 aromatic rings. The molecule has 2 rings (SSSR count). The van der Waals surface area contributed by atoms with E-state index in [-0.39, 0.29) is 31.5 Å². The van der Waals surface area contributed by atoms with Gasteiger partial charge in [-0.2, -0.15) is 0 Å². The van der Waals surface area contributed by atoms with Crippen molar-refractivity contribution >= 4 is 23.4 Å². The van der Waals surface area contributed by atoms with E-state index in [2.05, 4.69) is 21.5 Å². The fourth-order valence-electron chi connectivity index (χ4n) is 2.65. The molecule has 0 saturated heterocycles. The molecule has 0 saturated carbocycles.